The van der Waals surface area contributed by atoms with Crippen LogP contribution in [0.4, 0.5) is 5.69 Å². The van der Waals surface area contributed by atoms with Crippen molar-refractivity contribution in [3.8, 4) is 0 Å². The summed E-state index contributed by atoms with van der Waals surface area (Å²) in [5, 5.41) is 9.01. The van der Waals surface area contributed by atoms with Gasteiger partial charge in [0, 0.05) is 17.0 Å². The highest BCUT2D eigenvalue weighted by Crippen LogP contribution is 2.53. The number of hydrogen-bond acceptors (Lipinski definition) is 3. The molecule has 0 aromatic heterocycles. The van der Waals surface area contributed by atoms with E-state index in [1.54, 1.807) is 24.3 Å². The Labute approximate surface area is 106 Å². The van der Waals surface area contributed by atoms with Crippen molar-refractivity contribution in [2.45, 2.75) is 0 Å². The highest BCUT2D eigenvalue weighted by atomic mass is 79.9. The van der Waals surface area contributed by atoms with Gasteiger partial charge in [0.2, 0.25) is 11.8 Å². The second-order valence-corrected chi connectivity index (χ2v) is 5.30. The zero-order valence-electron chi connectivity index (χ0n) is 8.84. The predicted octanol–water partition coefficient (Wildman–Crippen LogP) is 1.18. The molecule has 2 amide bonds. The number of amides is 2. The maximum absolute atomic E-state index is 12.0. The Morgan fingerprint density at radius 2 is 1.65 bits per heavy atom. The number of aliphatic hydroxyl groups excluding tert-OH is 1. The maximum Gasteiger partial charge on any atom is 0.238 e. The number of rotatable bonds is 2. The molecule has 2 atom stereocenters. The molecule has 1 aromatic rings. The van der Waals surface area contributed by atoms with Crippen LogP contribution in [-0.4, -0.2) is 23.5 Å². The van der Waals surface area contributed by atoms with Crippen LogP contribution in [0.3, 0.4) is 0 Å². The normalized spacial score (nSPS) is 30.7. The summed E-state index contributed by atoms with van der Waals surface area (Å²) < 4.78 is 0.902. The highest BCUT2D eigenvalue weighted by molar-refractivity contribution is 9.10. The van der Waals surface area contributed by atoms with E-state index < -0.39 is 0 Å². The number of benzene rings is 1. The average molecular weight is 296 g/mol. The maximum atomic E-state index is 12.0. The van der Waals surface area contributed by atoms with Gasteiger partial charge >= 0.3 is 0 Å². The molecule has 17 heavy (non-hydrogen) atoms. The molecule has 2 aliphatic rings. The molecule has 1 saturated heterocycles. The van der Waals surface area contributed by atoms with Crippen molar-refractivity contribution >= 4 is 33.4 Å². The zero-order chi connectivity index (χ0) is 12.2. The van der Waals surface area contributed by atoms with Crippen molar-refractivity contribution < 1.29 is 14.7 Å². The van der Waals surface area contributed by atoms with E-state index >= 15 is 0 Å². The summed E-state index contributed by atoms with van der Waals surface area (Å²) in [7, 11) is 0. The highest BCUT2D eigenvalue weighted by Gasteiger charge is 2.67. The molecular weight excluding hydrogens is 286 g/mol. The van der Waals surface area contributed by atoms with Crippen LogP contribution in [0.15, 0.2) is 28.7 Å². The molecule has 1 saturated carbocycles. The second-order valence-electron chi connectivity index (χ2n) is 4.39. The van der Waals surface area contributed by atoms with Crippen LogP contribution in [0, 0.1) is 17.8 Å². The van der Waals surface area contributed by atoms with E-state index in [1.807, 2.05) is 0 Å². The number of imide groups is 1. The molecule has 4 nitrogen and oxygen atoms in total. The molecule has 2 unspecified atom stereocenters. The Morgan fingerprint density at radius 1 is 1.12 bits per heavy atom. The summed E-state index contributed by atoms with van der Waals surface area (Å²) in [5.41, 5.74) is 0.604. The largest absolute Gasteiger partial charge is 0.396 e. The van der Waals surface area contributed by atoms with E-state index in [0.29, 0.717) is 5.69 Å². The fourth-order valence-electron chi connectivity index (χ4n) is 2.53. The quantitative estimate of drug-likeness (QED) is 0.834. The smallest absolute Gasteiger partial charge is 0.238 e. The fourth-order valence-corrected chi connectivity index (χ4v) is 2.79. The SMILES string of the molecule is O=C1C2C(CO)C2C(=O)N1c1ccc(Br)cc1. The van der Waals surface area contributed by atoms with Gasteiger partial charge in [0.25, 0.3) is 0 Å². The van der Waals surface area contributed by atoms with Crippen molar-refractivity contribution in [1.29, 1.82) is 0 Å². The molecular formula is C12H10BrNO3. The van der Waals surface area contributed by atoms with Crippen molar-refractivity contribution in [3.05, 3.63) is 28.7 Å². The molecule has 1 heterocycles. The Morgan fingerprint density at radius 3 is 2.12 bits per heavy atom. The first-order chi connectivity index (χ1) is 8.15. The van der Waals surface area contributed by atoms with Crippen LogP contribution in [0.1, 0.15) is 0 Å². The van der Waals surface area contributed by atoms with Gasteiger partial charge in [-0.05, 0) is 24.3 Å². The van der Waals surface area contributed by atoms with E-state index in [0.717, 1.165) is 4.47 Å². The van der Waals surface area contributed by atoms with E-state index in [1.165, 1.54) is 4.90 Å². The molecule has 1 aliphatic carbocycles. The van der Waals surface area contributed by atoms with Gasteiger partial charge < -0.3 is 5.11 Å². The summed E-state index contributed by atoms with van der Waals surface area (Å²) >= 11 is 3.30. The van der Waals surface area contributed by atoms with Crippen LogP contribution in [-0.2, 0) is 9.59 Å². The molecule has 88 valence electrons. The zero-order valence-corrected chi connectivity index (χ0v) is 10.4. The molecule has 0 spiro atoms. The number of piperidine rings is 1. The lowest BCUT2D eigenvalue weighted by molar-refractivity contribution is -0.124. The predicted molar refractivity (Wildman–Crippen MR) is 64.2 cm³/mol. The van der Waals surface area contributed by atoms with Gasteiger partial charge in [0.05, 0.1) is 17.5 Å². The van der Waals surface area contributed by atoms with Gasteiger partial charge in [-0.15, -0.1) is 0 Å². The minimum absolute atomic E-state index is 0.0824. The monoisotopic (exact) mass is 295 g/mol. The van der Waals surface area contributed by atoms with Crippen LogP contribution in [0.5, 0.6) is 0 Å². The van der Waals surface area contributed by atoms with Crippen LogP contribution in [0.2, 0.25) is 0 Å². The third-order valence-electron chi connectivity index (χ3n) is 3.48. The Hall–Kier alpha value is -1.20. The number of aliphatic hydroxyl groups is 1. The molecule has 1 aromatic carbocycles. The number of halogens is 1. The third kappa shape index (κ3) is 1.46. The number of carbonyl (C=O) groups excluding carboxylic acids is 2. The summed E-state index contributed by atoms with van der Waals surface area (Å²) in [6, 6.07) is 7.06. The van der Waals surface area contributed by atoms with E-state index in [9.17, 15) is 9.59 Å². The lowest BCUT2D eigenvalue weighted by Gasteiger charge is -2.17. The molecule has 0 radical (unpaired) electrons. The lowest BCUT2D eigenvalue weighted by atomic mass is 10.2. The van der Waals surface area contributed by atoms with Crippen LogP contribution in [0.25, 0.3) is 0 Å². The summed E-state index contributed by atoms with van der Waals surface area (Å²) in [4.78, 5) is 25.2. The van der Waals surface area contributed by atoms with Gasteiger partial charge in [-0.3, -0.25) is 14.5 Å². The topological polar surface area (TPSA) is 57.6 Å². The number of nitrogens with zero attached hydrogens (tertiary/aromatic N) is 1. The van der Waals surface area contributed by atoms with Gasteiger partial charge in [-0.2, -0.15) is 0 Å². The van der Waals surface area contributed by atoms with Crippen molar-refractivity contribution in [2.24, 2.45) is 17.8 Å². The summed E-state index contributed by atoms with van der Waals surface area (Å²) in [5.74, 6) is -1.10. The van der Waals surface area contributed by atoms with Gasteiger partial charge in [-0.25, -0.2) is 0 Å². The third-order valence-corrected chi connectivity index (χ3v) is 4.00. The molecule has 2 fully saturated rings. The Balaban J connectivity index is 1.90. The lowest BCUT2D eigenvalue weighted by Crippen LogP contribution is -2.35. The molecule has 0 bridgehead atoms. The second kappa shape index (κ2) is 3.65. The number of fused-ring (bicyclic) bond motifs is 1. The first-order valence-electron chi connectivity index (χ1n) is 5.39. The van der Waals surface area contributed by atoms with Crippen LogP contribution >= 0.6 is 15.9 Å². The first-order valence-corrected chi connectivity index (χ1v) is 6.18. The fraction of sp³-hybridized carbons (Fsp3) is 0.333. The van der Waals surface area contributed by atoms with E-state index in [4.69, 9.17) is 5.11 Å². The van der Waals surface area contributed by atoms with Crippen LogP contribution < -0.4 is 4.90 Å². The number of hydrogen-bond donors (Lipinski definition) is 1. The number of anilines is 1. The minimum Gasteiger partial charge on any atom is -0.396 e. The molecule has 1 aliphatic heterocycles. The summed E-state index contributed by atoms with van der Waals surface area (Å²) in [6.45, 7) is -0.0824. The van der Waals surface area contributed by atoms with E-state index in [2.05, 4.69) is 15.9 Å². The molecule has 1 N–H and O–H groups in total. The van der Waals surface area contributed by atoms with Crippen molar-refractivity contribution in [3.63, 3.8) is 0 Å². The minimum atomic E-state index is -0.295. The number of carbonyl (C=O) groups is 2. The van der Waals surface area contributed by atoms with Crippen molar-refractivity contribution in [1.82, 2.24) is 0 Å². The van der Waals surface area contributed by atoms with E-state index in [-0.39, 0.29) is 36.2 Å². The van der Waals surface area contributed by atoms with Gasteiger partial charge in [-0.1, -0.05) is 15.9 Å². The van der Waals surface area contributed by atoms with Gasteiger partial charge in [0.15, 0.2) is 0 Å². The molecule has 5 heteroatoms. The van der Waals surface area contributed by atoms with Gasteiger partial charge in [0.1, 0.15) is 0 Å². The Kier molecular flexibility index (Phi) is 2.34. The molecule has 3 rings (SSSR count). The average Bonchev–Trinajstić information content (AvgIpc) is 2.99. The first kappa shape index (κ1) is 10.9. The standard InChI is InChI=1S/C12H10BrNO3/c13-6-1-3-7(4-2-6)14-11(16)9-8(5-15)10(9)12(14)17/h1-4,8-10,15H,5H2. The van der Waals surface area contributed by atoms with Crippen molar-refractivity contribution in [2.75, 3.05) is 11.5 Å². The summed E-state index contributed by atoms with van der Waals surface area (Å²) in [6.07, 6.45) is 0. The Bertz CT molecular complexity index is 477.